The van der Waals surface area contributed by atoms with Crippen molar-refractivity contribution in [2.75, 3.05) is 0 Å². The van der Waals surface area contributed by atoms with Crippen LogP contribution in [-0.2, 0) is 0 Å². The van der Waals surface area contributed by atoms with Crippen LogP contribution in [0.25, 0.3) is 33.4 Å². The number of hydrogen-bond acceptors (Lipinski definition) is 5. The second kappa shape index (κ2) is 8.93. The summed E-state index contributed by atoms with van der Waals surface area (Å²) in [5, 5.41) is 22.2. The molecule has 0 atom stereocenters. The Hall–Kier alpha value is -4.51. The first kappa shape index (κ1) is 21.7. The van der Waals surface area contributed by atoms with E-state index in [1.807, 2.05) is 30.3 Å². The van der Waals surface area contributed by atoms with E-state index in [1.165, 1.54) is 31.2 Å². The molecule has 0 aliphatic rings. The van der Waals surface area contributed by atoms with Gasteiger partial charge >= 0.3 is 0 Å². The lowest BCUT2D eigenvalue weighted by atomic mass is 9.92. The van der Waals surface area contributed by atoms with Crippen LogP contribution in [0.1, 0.15) is 38.0 Å². The maximum atomic E-state index is 11.6. The van der Waals surface area contributed by atoms with Crippen LogP contribution in [-0.4, -0.2) is 17.7 Å². The zero-order chi connectivity index (χ0) is 23.5. The lowest BCUT2D eigenvalue weighted by molar-refractivity contribution is -0.256. The van der Waals surface area contributed by atoms with Crippen LogP contribution >= 0.6 is 0 Å². The molecule has 0 heterocycles. The average Bonchev–Trinajstić information content (AvgIpc) is 2.84. The fourth-order valence-electron chi connectivity index (χ4n) is 3.62. The SMILES string of the molecule is CC(=O)c1ccc(-c2cc(-c3ccc(C(=O)[O-])cc3)cc(-c3ccc(C(=O)[O-])cc3)c2)cc1. The van der Waals surface area contributed by atoms with Crippen molar-refractivity contribution in [1.29, 1.82) is 0 Å². The van der Waals surface area contributed by atoms with Crippen molar-refractivity contribution in [3.05, 3.63) is 108 Å². The van der Waals surface area contributed by atoms with Crippen LogP contribution in [0.3, 0.4) is 0 Å². The number of carbonyl (C=O) groups excluding carboxylic acids is 3. The van der Waals surface area contributed by atoms with Crippen LogP contribution in [0, 0.1) is 0 Å². The Morgan fingerprint density at radius 2 is 0.727 bits per heavy atom. The van der Waals surface area contributed by atoms with Gasteiger partial charge in [0.05, 0.1) is 11.9 Å². The molecule has 0 unspecified atom stereocenters. The molecule has 0 aliphatic carbocycles. The molecule has 0 radical (unpaired) electrons. The summed E-state index contributed by atoms with van der Waals surface area (Å²) in [6, 6.07) is 26.0. The topological polar surface area (TPSA) is 97.3 Å². The summed E-state index contributed by atoms with van der Waals surface area (Å²) in [5.74, 6) is -2.50. The molecule has 0 saturated carbocycles. The first-order valence-electron chi connectivity index (χ1n) is 10.2. The molecule has 4 aromatic carbocycles. The van der Waals surface area contributed by atoms with Gasteiger partial charge < -0.3 is 19.8 Å². The maximum Gasteiger partial charge on any atom is 0.159 e. The smallest absolute Gasteiger partial charge is 0.159 e. The maximum absolute atomic E-state index is 11.6. The van der Waals surface area contributed by atoms with Crippen LogP contribution in [0.2, 0.25) is 0 Å². The summed E-state index contributed by atoms with van der Waals surface area (Å²) in [4.78, 5) is 33.8. The molecule has 5 heteroatoms. The highest BCUT2D eigenvalue weighted by Crippen LogP contribution is 2.33. The minimum absolute atomic E-state index is 0.0167. The van der Waals surface area contributed by atoms with Gasteiger partial charge in [0.2, 0.25) is 0 Å². The molecule has 33 heavy (non-hydrogen) atoms. The normalized spacial score (nSPS) is 10.6. The van der Waals surface area contributed by atoms with Gasteiger partial charge in [0.1, 0.15) is 0 Å². The van der Waals surface area contributed by atoms with E-state index in [-0.39, 0.29) is 16.9 Å². The van der Waals surface area contributed by atoms with E-state index in [4.69, 9.17) is 0 Å². The summed E-state index contributed by atoms with van der Waals surface area (Å²) < 4.78 is 0. The molecule has 0 aliphatic heterocycles. The van der Waals surface area contributed by atoms with Gasteiger partial charge in [-0.1, -0.05) is 72.8 Å². The highest BCUT2D eigenvalue weighted by atomic mass is 16.4. The van der Waals surface area contributed by atoms with E-state index in [0.29, 0.717) is 5.56 Å². The quantitative estimate of drug-likeness (QED) is 0.432. The molecular weight excluding hydrogens is 416 g/mol. The number of benzene rings is 4. The van der Waals surface area contributed by atoms with Crippen LogP contribution in [0.15, 0.2) is 91.0 Å². The number of carbonyl (C=O) groups is 3. The van der Waals surface area contributed by atoms with E-state index in [1.54, 1.807) is 36.4 Å². The third-order valence-corrected chi connectivity index (χ3v) is 5.47. The summed E-state index contributed by atoms with van der Waals surface area (Å²) in [7, 11) is 0. The fraction of sp³-hybridized carbons (Fsp3) is 0.0357. The van der Waals surface area contributed by atoms with Crippen LogP contribution < -0.4 is 10.2 Å². The minimum Gasteiger partial charge on any atom is -0.545 e. The van der Waals surface area contributed by atoms with Crippen molar-refractivity contribution in [3.63, 3.8) is 0 Å². The molecule has 0 fully saturated rings. The molecule has 0 aromatic heterocycles. The molecule has 0 N–H and O–H groups in total. The molecule has 5 nitrogen and oxygen atoms in total. The van der Waals surface area contributed by atoms with Gasteiger partial charge in [-0.15, -0.1) is 0 Å². The monoisotopic (exact) mass is 434 g/mol. The number of aromatic carboxylic acids is 2. The highest BCUT2D eigenvalue weighted by molar-refractivity contribution is 5.95. The molecule has 0 spiro atoms. The first-order valence-corrected chi connectivity index (χ1v) is 10.2. The molecule has 0 saturated heterocycles. The van der Waals surface area contributed by atoms with Gasteiger partial charge in [0, 0.05) is 5.56 Å². The van der Waals surface area contributed by atoms with Gasteiger partial charge in [0.15, 0.2) is 5.78 Å². The van der Waals surface area contributed by atoms with Crippen molar-refractivity contribution < 1.29 is 24.6 Å². The van der Waals surface area contributed by atoms with Gasteiger partial charge in [-0.3, -0.25) is 4.79 Å². The summed E-state index contributed by atoms with van der Waals surface area (Å²) >= 11 is 0. The van der Waals surface area contributed by atoms with E-state index < -0.39 is 11.9 Å². The average molecular weight is 434 g/mol. The van der Waals surface area contributed by atoms with Gasteiger partial charge in [-0.25, -0.2) is 0 Å². The number of carboxylic acids is 2. The predicted octanol–water partition coefficient (Wildman–Crippen LogP) is 3.62. The number of ketones is 1. The molecular formula is C28H18O5-2. The van der Waals surface area contributed by atoms with Crippen molar-refractivity contribution in [2.45, 2.75) is 6.92 Å². The number of hydrogen-bond donors (Lipinski definition) is 0. The zero-order valence-corrected chi connectivity index (χ0v) is 17.7. The van der Waals surface area contributed by atoms with Gasteiger partial charge in [-0.05, 0) is 69.6 Å². The Labute approximate surface area is 190 Å². The van der Waals surface area contributed by atoms with Crippen molar-refractivity contribution >= 4 is 17.7 Å². The van der Waals surface area contributed by atoms with Gasteiger partial charge in [0.25, 0.3) is 0 Å². The Morgan fingerprint density at radius 3 is 0.970 bits per heavy atom. The van der Waals surface area contributed by atoms with E-state index in [0.717, 1.165) is 33.4 Å². The Kier molecular flexibility index (Phi) is 5.87. The van der Waals surface area contributed by atoms with Crippen molar-refractivity contribution in [2.24, 2.45) is 0 Å². The summed E-state index contributed by atoms with van der Waals surface area (Å²) in [6.07, 6.45) is 0. The summed E-state index contributed by atoms with van der Waals surface area (Å²) in [6.45, 7) is 1.51. The molecule has 4 aromatic rings. The van der Waals surface area contributed by atoms with Crippen LogP contribution in [0.5, 0.6) is 0 Å². The Balaban J connectivity index is 1.84. The first-order chi connectivity index (χ1) is 15.8. The molecule has 0 amide bonds. The third kappa shape index (κ3) is 4.72. The fourth-order valence-corrected chi connectivity index (χ4v) is 3.62. The summed E-state index contributed by atoms with van der Waals surface area (Å²) in [5.41, 5.74) is 5.93. The highest BCUT2D eigenvalue weighted by Gasteiger charge is 2.09. The molecule has 162 valence electrons. The van der Waals surface area contributed by atoms with E-state index in [9.17, 15) is 24.6 Å². The lowest BCUT2D eigenvalue weighted by Gasteiger charge is -2.13. The number of rotatable bonds is 6. The van der Waals surface area contributed by atoms with Crippen LogP contribution in [0.4, 0.5) is 0 Å². The Bertz CT molecular complexity index is 1170. The second-order valence-corrected chi connectivity index (χ2v) is 7.66. The number of carboxylic acid groups (broad SMARTS) is 2. The molecule has 4 rings (SSSR count). The lowest BCUT2D eigenvalue weighted by Crippen LogP contribution is -2.21. The second-order valence-electron chi connectivity index (χ2n) is 7.66. The third-order valence-electron chi connectivity index (χ3n) is 5.47. The van der Waals surface area contributed by atoms with E-state index in [2.05, 4.69) is 0 Å². The van der Waals surface area contributed by atoms with Crippen molar-refractivity contribution in [3.8, 4) is 33.4 Å². The van der Waals surface area contributed by atoms with Gasteiger partial charge in [-0.2, -0.15) is 0 Å². The zero-order valence-electron chi connectivity index (χ0n) is 17.7. The minimum atomic E-state index is -1.24. The van der Waals surface area contributed by atoms with E-state index >= 15 is 0 Å². The number of Topliss-reactive ketones (excluding diaryl/α,β-unsaturated/α-hetero) is 1. The predicted molar refractivity (Wildman–Crippen MR) is 121 cm³/mol. The standard InChI is InChI=1S/C28H20O5/c1-17(29)18-2-4-19(5-3-18)24-14-25(20-6-10-22(11-7-20)27(30)31)16-26(15-24)21-8-12-23(13-9-21)28(32)33/h2-16H,1H3,(H,30,31)(H,32,33)/p-2. The molecule has 0 bridgehead atoms. The van der Waals surface area contributed by atoms with Crippen molar-refractivity contribution in [1.82, 2.24) is 0 Å². The largest absolute Gasteiger partial charge is 0.545 e. The Morgan fingerprint density at radius 1 is 0.455 bits per heavy atom.